The first kappa shape index (κ1) is 14.5. The minimum Gasteiger partial charge on any atom is -0.314 e. The molecule has 80 valence electrons. The van der Waals surface area contributed by atoms with E-state index in [0.717, 1.165) is 0 Å². The van der Waals surface area contributed by atoms with Crippen LogP contribution in [0.1, 0.15) is 0 Å². The van der Waals surface area contributed by atoms with Crippen LogP contribution in [-0.2, 0) is 0 Å². The summed E-state index contributed by atoms with van der Waals surface area (Å²) < 4.78 is 2.09. The molecule has 0 saturated carbocycles. The predicted octanol–water partition coefficient (Wildman–Crippen LogP) is 3.69. The first-order valence-corrected chi connectivity index (χ1v) is 16.6. The van der Waals surface area contributed by atoms with Crippen molar-refractivity contribution in [2.24, 2.45) is 0 Å². The Morgan fingerprint density at radius 1 is 0.846 bits per heavy atom. The third-order valence-electron chi connectivity index (χ3n) is 3.05. The summed E-state index contributed by atoms with van der Waals surface area (Å²) in [7, 11) is -0.741. The van der Waals surface area contributed by atoms with Crippen molar-refractivity contribution in [3.05, 3.63) is 0 Å². The molecule has 0 aromatic carbocycles. The molecule has 0 spiro atoms. The topological polar surface area (TPSA) is 3.24 Å². The lowest BCUT2D eigenvalue weighted by molar-refractivity contribution is 0.814. The van der Waals surface area contributed by atoms with Crippen molar-refractivity contribution in [1.82, 2.24) is 4.23 Å². The first-order chi connectivity index (χ1) is 5.40. The molecular formula is C6H18Cl3NSi3. The number of nitrogens with zero attached hydrogens (tertiary/aromatic N) is 1. The van der Waals surface area contributed by atoms with E-state index in [1.54, 1.807) is 0 Å². The third kappa shape index (κ3) is 3.52. The molecule has 0 saturated heterocycles. The van der Waals surface area contributed by atoms with E-state index in [0.29, 0.717) is 0 Å². The van der Waals surface area contributed by atoms with Gasteiger partial charge in [-0.25, -0.2) is 0 Å². The van der Waals surface area contributed by atoms with Crippen LogP contribution in [0.3, 0.4) is 0 Å². The van der Waals surface area contributed by atoms with Crippen LogP contribution >= 0.6 is 33.2 Å². The molecule has 0 heterocycles. The zero-order valence-electron chi connectivity index (χ0n) is 9.08. The summed E-state index contributed by atoms with van der Waals surface area (Å²) in [5.74, 6) is 0. The molecule has 0 N–H and O–H groups in total. The average molecular weight is 295 g/mol. The van der Waals surface area contributed by atoms with Gasteiger partial charge < -0.3 is 4.23 Å². The van der Waals surface area contributed by atoms with Crippen molar-refractivity contribution in [2.75, 3.05) is 7.05 Å². The third-order valence-corrected chi connectivity index (χ3v) is 28.1. The Kier molecular flexibility index (Phi) is 4.63. The van der Waals surface area contributed by atoms with Crippen LogP contribution in [0.4, 0.5) is 0 Å². The zero-order chi connectivity index (χ0) is 11.1. The van der Waals surface area contributed by atoms with Crippen LogP contribution in [0.15, 0.2) is 0 Å². The summed E-state index contributed by atoms with van der Waals surface area (Å²) in [5, 5.41) is 0. The molecule has 0 aromatic rings. The lowest BCUT2D eigenvalue weighted by Gasteiger charge is -2.45. The van der Waals surface area contributed by atoms with Crippen molar-refractivity contribution in [3.8, 4) is 0 Å². The highest BCUT2D eigenvalue weighted by atomic mass is 35.8. The van der Waals surface area contributed by atoms with Crippen molar-refractivity contribution in [3.63, 3.8) is 0 Å². The minimum atomic E-state index is -2.66. The summed E-state index contributed by atoms with van der Waals surface area (Å²) in [4.78, 5) is 0. The summed E-state index contributed by atoms with van der Waals surface area (Å²) in [5.41, 5.74) is 0. The van der Waals surface area contributed by atoms with Crippen LogP contribution in [-0.4, -0.2) is 32.8 Å². The van der Waals surface area contributed by atoms with Crippen molar-refractivity contribution < 1.29 is 0 Å². The molecule has 0 amide bonds. The Hall–Kier alpha value is 1.48. The van der Waals surface area contributed by atoms with Gasteiger partial charge in [0.2, 0.25) is 0 Å². The second kappa shape index (κ2) is 4.15. The molecule has 0 aliphatic heterocycles. The van der Waals surface area contributed by atoms with Crippen molar-refractivity contribution in [2.45, 2.75) is 32.7 Å². The van der Waals surface area contributed by atoms with E-state index < -0.39 is 21.5 Å². The van der Waals surface area contributed by atoms with Gasteiger partial charge in [-0.1, -0.05) is 32.7 Å². The summed E-state index contributed by atoms with van der Waals surface area (Å²) in [6.45, 7) is 11.6. The lowest BCUT2D eigenvalue weighted by Crippen LogP contribution is -2.67. The molecule has 0 atom stereocenters. The highest BCUT2D eigenvalue weighted by molar-refractivity contribution is 7.66. The Bertz CT molecular complexity index is 185. The molecule has 0 radical (unpaired) electrons. The molecule has 1 nitrogen and oxygen atoms in total. The molecule has 0 unspecified atom stereocenters. The largest absolute Gasteiger partial charge is 0.417 e. The quantitative estimate of drug-likeness (QED) is 0.567. The monoisotopic (exact) mass is 293 g/mol. The van der Waals surface area contributed by atoms with Gasteiger partial charge in [-0.05, 0) is 7.05 Å². The second-order valence-corrected chi connectivity index (χ2v) is 30.0. The van der Waals surface area contributed by atoms with Gasteiger partial charge in [0.25, 0.3) is 0 Å². The van der Waals surface area contributed by atoms with E-state index in [2.05, 4.69) is 37.0 Å². The number of rotatable bonds is 3. The van der Waals surface area contributed by atoms with Gasteiger partial charge in [-0.2, -0.15) is 0 Å². The maximum atomic E-state index is 6.03. The van der Waals surface area contributed by atoms with Gasteiger partial charge in [0.1, 0.15) is 7.75 Å². The summed E-state index contributed by atoms with van der Waals surface area (Å²) >= 11 is 18.1. The molecule has 0 aromatic heterocycles. The maximum Gasteiger partial charge on any atom is 0.417 e. The molecular weight excluding hydrogens is 277 g/mol. The lowest BCUT2D eigenvalue weighted by atomic mass is 11.6. The molecule has 13 heavy (non-hydrogen) atoms. The number of hydrogen-bond acceptors (Lipinski definition) is 1. The molecule has 0 fully saturated rings. The normalized spacial score (nSPS) is 15.2. The van der Waals surface area contributed by atoms with E-state index in [4.69, 9.17) is 33.2 Å². The molecule has 0 bridgehead atoms. The SMILES string of the molecule is CN([Si](Cl)(Cl)Cl)[Si](C)(C)[Si](C)(C)C. The fourth-order valence-electron chi connectivity index (χ4n) is 0.820. The summed E-state index contributed by atoms with van der Waals surface area (Å²) in [6, 6.07) is 0. The van der Waals surface area contributed by atoms with Gasteiger partial charge in [-0.15, -0.1) is 33.2 Å². The average Bonchev–Trinajstić information content (AvgIpc) is 1.81. The Balaban J connectivity index is 4.86. The van der Waals surface area contributed by atoms with E-state index in [-0.39, 0.29) is 0 Å². The van der Waals surface area contributed by atoms with Crippen LogP contribution in [0.2, 0.25) is 32.7 Å². The van der Waals surface area contributed by atoms with E-state index in [1.807, 2.05) is 7.05 Å². The fourth-order valence-corrected chi connectivity index (χ4v) is 19.5. The highest BCUT2D eigenvalue weighted by Crippen LogP contribution is 2.32. The van der Waals surface area contributed by atoms with Crippen LogP contribution in [0.25, 0.3) is 0 Å². The smallest absolute Gasteiger partial charge is 0.314 e. The van der Waals surface area contributed by atoms with Gasteiger partial charge in [0.15, 0.2) is 0 Å². The van der Waals surface area contributed by atoms with Gasteiger partial charge in [0, 0.05) is 0 Å². The van der Waals surface area contributed by atoms with E-state index in [1.165, 1.54) is 0 Å². The molecule has 0 rings (SSSR count). The van der Waals surface area contributed by atoms with E-state index in [9.17, 15) is 0 Å². The Labute approximate surface area is 98.4 Å². The van der Waals surface area contributed by atoms with Crippen molar-refractivity contribution in [1.29, 1.82) is 0 Å². The maximum absolute atomic E-state index is 6.03. The zero-order valence-corrected chi connectivity index (χ0v) is 14.3. The fraction of sp³-hybridized carbons (Fsp3) is 1.00. The molecule has 0 aliphatic carbocycles. The van der Waals surface area contributed by atoms with Crippen molar-refractivity contribution >= 4 is 54.7 Å². The van der Waals surface area contributed by atoms with Gasteiger partial charge in [-0.3, -0.25) is 0 Å². The predicted molar refractivity (Wildman–Crippen MR) is 71.9 cm³/mol. The van der Waals surface area contributed by atoms with Crippen LogP contribution in [0, 0.1) is 0 Å². The number of hydrogen-bond donors (Lipinski definition) is 0. The highest BCUT2D eigenvalue weighted by Gasteiger charge is 2.48. The minimum absolute atomic E-state index is 1.21. The van der Waals surface area contributed by atoms with Crippen LogP contribution < -0.4 is 0 Å². The molecule has 0 aliphatic rings. The first-order valence-electron chi connectivity index (χ1n) is 4.21. The molecule has 7 heteroatoms. The Morgan fingerprint density at radius 2 is 1.15 bits per heavy atom. The van der Waals surface area contributed by atoms with Gasteiger partial charge >= 0.3 is 6.16 Å². The van der Waals surface area contributed by atoms with Crippen LogP contribution in [0.5, 0.6) is 0 Å². The summed E-state index contributed by atoms with van der Waals surface area (Å²) in [6.07, 6.45) is -2.66. The Morgan fingerprint density at radius 3 is 1.23 bits per heavy atom. The van der Waals surface area contributed by atoms with E-state index >= 15 is 0 Å². The van der Waals surface area contributed by atoms with Gasteiger partial charge in [0.05, 0.1) is 7.59 Å². The second-order valence-electron chi connectivity index (χ2n) is 4.84. The standard InChI is InChI=1S/C6H18Cl3NSi3/c1-10(13(7,8)9)12(5,6)11(2,3)4/h1-6H3. The number of halogens is 3.